The van der Waals surface area contributed by atoms with Gasteiger partial charge in [0.25, 0.3) is 0 Å². The van der Waals surface area contributed by atoms with Crippen molar-refractivity contribution < 1.29 is 7.65 Å². The maximum Gasteiger partial charge on any atom is 0.136 e. The van der Waals surface area contributed by atoms with Crippen LogP contribution in [0.1, 0.15) is 61.8 Å². The third kappa shape index (κ3) is 6.02. The van der Waals surface area contributed by atoms with Crippen molar-refractivity contribution in [3.63, 3.8) is 0 Å². The minimum Gasteiger partial charge on any atom is -0.361 e. The second-order valence-corrected chi connectivity index (χ2v) is 5.72. The molecule has 22 heavy (non-hydrogen) atoms. The number of carbonyl (C=O) groups is 1. The van der Waals surface area contributed by atoms with E-state index in [4.69, 9.17) is 0 Å². The lowest BCUT2D eigenvalue weighted by molar-refractivity contribution is -0.122. The maximum atomic E-state index is 11.8. The third-order valence-electron chi connectivity index (χ3n) is 3.30. The molecule has 0 saturated carbocycles. The average Bonchev–Trinajstić information content (AvgIpc) is 2.94. The van der Waals surface area contributed by atoms with Gasteiger partial charge in [-0.2, -0.15) is 0 Å². The zero-order valence-electron chi connectivity index (χ0n) is 14.9. The average molecular weight is 309 g/mol. The van der Waals surface area contributed by atoms with E-state index in [-0.39, 0.29) is 14.7 Å². The Labute approximate surface area is 138 Å². The van der Waals surface area contributed by atoms with Crippen molar-refractivity contribution in [3.05, 3.63) is 36.0 Å². The predicted octanol–water partition coefficient (Wildman–Crippen LogP) is 5.37. The van der Waals surface area contributed by atoms with Crippen molar-refractivity contribution in [2.75, 3.05) is 7.05 Å². The molecule has 1 heterocycles. The molecule has 1 aromatic carbocycles. The van der Waals surface area contributed by atoms with Gasteiger partial charge in [0.1, 0.15) is 5.78 Å². The lowest BCUT2D eigenvalue weighted by Gasteiger charge is -2.11. The van der Waals surface area contributed by atoms with Crippen molar-refractivity contribution in [2.45, 2.75) is 53.4 Å². The Bertz CT molecular complexity index is 553. The largest absolute Gasteiger partial charge is 0.361 e. The van der Waals surface area contributed by atoms with E-state index in [1.54, 1.807) is 0 Å². The molecule has 0 unspecified atom stereocenters. The smallest absolute Gasteiger partial charge is 0.136 e. The van der Waals surface area contributed by atoms with Gasteiger partial charge in [-0.25, -0.2) is 0 Å². The number of aromatic nitrogens is 1. The SMILES string of the molecule is CC(C)C(=O)C[C@@H](C)c1c[nH]c2ccccc12.CCC.CN.[HH].[HH]. The topological polar surface area (TPSA) is 58.9 Å². The molecule has 3 N–H and O–H groups in total. The summed E-state index contributed by atoms with van der Waals surface area (Å²) in [5, 5.41) is 1.23. The van der Waals surface area contributed by atoms with E-state index >= 15 is 0 Å². The first-order valence-electron chi connectivity index (χ1n) is 8.17. The van der Waals surface area contributed by atoms with Gasteiger partial charge in [-0.05, 0) is 24.6 Å². The number of carbonyl (C=O) groups excluding carboxylic acids is 1. The van der Waals surface area contributed by atoms with Crippen LogP contribution >= 0.6 is 0 Å². The summed E-state index contributed by atoms with van der Waals surface area (Å²) >= 11 is 0. The first-order valence-corrected chi connectivity index (χ1v) is 8.17. The fraction of sp³-hybridized carbons (Fsp3) is 0.526. The first kappa shape index (κ1) is 20.4. The van der Waals surface area contributed by atoms with Crippen LogP contribution in [0.2, 0.25) is 0 Å². The van der Waals surface area contributed by atoms with E-state index < -0.39 is 0 Å². The Morgan fingerprint density at radius 2 is 1.73 bits per heavy atom. The molecule has 0 aliphatic heterocycles. The summed E-state index contributed by atoms with van der Waals surface area (Å²) in [5.41, 5.74) is 6.89. The molecule has 0 amide bonds. The van der Waals surface area contributed by atoms with Crippen LogP contribution in [-0.2, 0) is 4.79 Å². The van der Waals surface area contributed by atoms with Gasteiger partial charge in [-0.3, -0.25) is 4.79 Å². The minimum atomic E-state index is 0. The standard InChI is InChI=1S/C15H19NO.C3H8.CH5N.2H2/c1-10(2)15(17)8-11(3)13-9-16-14-7-5-4-6-12(13)14;1-3-2;1-2;;/h4-7,9-11,16H,8H2,1-3H3;3H2,1-2H3;2H2,1H3;2*1H/t11-;;;;/m1..../s1. The molecule has 3 nitrogen and oxygen atoms in total. The molecule has 0 bridgehead atoms. The lowest BCUT2D eigenvalue weighted by Crippen LogP contribution is -2.10. The van der Waals surface area contributed by atoms with E-state index in [0.717, 1.165) is 5.52 Å². The number of hydrogen-bond donors (Lipinski definition) is 2. The molecule has 0 aliphatic rings. The van der Waals surface area contributed by atoms with Crippen molar-refractivity contribution in [1.29, 1.82) is 0 Å². The number of rotatable bonds is 4. The number of benzene rings is 1. The zero-order chi connectivity index (χ0) is 17.1. The summed E-state index contributed by atoms with van der Waals surface area (Å²) in [6.45, 7) is 10.3. The Kier molecular flexibility index (Phi) is 10.2. The third-order valence-corrected chi connectivity index (χ3v) is 3.30. The van der Waals surface area contributed by atoms with E-state index in [2.05, 4.69) is 43.6 Å². The Balaban J connectivity index is -0.000000570. The summed E-state index contributed by atoms with van der Waals surface area (Å²) in [7, 11) is 1.50. The van der Waals surface area contributed by atoms with Crippen LogP contribution in [0.4, 0.5) is 0 Å². The predicted molar refractivity (Wildman–Crippen MR) is 101 cm³/mol. The molecule has 0 saturated heterocycles. The summed E-state index contributed by atoms with van der Waals surface area (Å²) in [5.74, 6) is 0.742. The first-order chi connectivity index (χ1) is 10.5. The van der Waals surface area contributed by atoms with Crippen LogP contribution < -0.4 is 5.73 Å². The van der Waals surface area contributed by atoms with Crippen molar-refractivity contribution in [1.82, 2.24) is 4.98 Å². The summed E-state index contributed by atoms with van der Waals surface area (Å²) in [6, 6.07) is 8.23. The molecule has 1 atom stereocenters. The molecule has 0 fully saturated rings. The van der Waals surface area contributed by atoms with Crippen LogP contribution in [0.5, 0.6) is 0 Å². The number of H-pyrrole nitrogens is 1. The normalized spacial score (nSPS) is 11.3. The molecule has 3 heteroatoms. The van der Waals surface area contributed by atoms with Gasteiger partial charge in [-0.15, -0.1) is 0 Å². The fourth-order valence-corrected chi connectivity index (χ4v) is 2.15. The monoisotopic (exact) mass is 308 g/mol. The van der Waals surface area contributed by atoms with Crippen molar-refractivity contribution in [2.24, 2.45) is 11.7 Å². The summed E-state index contributed by atoms with van der Waals surface area (Å²) in [6.07, 6.45) is 3.91. The molecule has 0 aliphatic carbocycles. The lowest BCUT2D eigenvalue weighted by atomic mass is 9.92. The van der Waals surface area contributed by atoms with Gasteiger partial charge in [0, 0.05) is 32.3 Å². The van der Waals surface area contributed by atoms with Gasteiger partial charge >= 0.3 is 0 Å². The van der Waals surface area contributed by atoms with Crippen LogP contribution in [0.25, 0.3) is 10.9 Å². The molecule has 0 radical (unpaired) electrons. The van der Waals surface area contributed by atoms with Crippen molar-refractivity contribution in [3.8, 4) is 0 Å². The fourth-order valence-electron chi connectivity index (χ4n) is 2.15. The second kappa shape index (κ2) is 11.0. The van der Waals surface area contributed by atoms with E-state index in [0.29, 0.717) is 12.2 Å². The molecular weight excluding hydrogens is 272 g/mol. The van der Waals surface area contributed by atoms with Gasteiger partial charge in [0.2, 0.25) is 0 Å². The van der Waals surface area contributed by atoms with E-state index in [9.17, 15) is 4.79 Å². The highest BCUT2D eigenvalue weighted by Crippen LogP contribution is 2.28. The number of fused-ring (bicyclic) bond motifs is 1. The van der Waals surface area contributed by atoms with Crippen LogP contribution in [0.3, 0.4) is 0 Å². The van der Waals surface area contributed by atoms with E-state index in [1.807, 2.05) is 32.2 Å². The van der Waals surface area contributed by atoms with Gasteiger partial charge in [0.05, 0.1) is 0 Å². The number of para-hydroxylation sites is 1. The minimum absolute atomic E-state index is 0. The Morgan fingerprint density at radius 3 is 2.27 bits per heavy atom. The Morgan fingerprint density at radius 1 is 1.18 bits per heavy atom. The van der Waals surface area contributed by atoms with Crippen LogP contribution in [0.15, 0.2) is 30.5 Å². The molecule has 128 valence electrons. The van der Waals surface area contributed by atoms with Gasteiger partial charge in [-0.1, -0.05) is 59.2 Å². The number of nitrogens with two attached hydrogens (primary N) is 1. The zero-order valence-corrected chi connectivity index (χ0v) is 14.9. The number of ketones is 1. The molecule has 1 aromatic heterocycles. The number of Topliss-reactive ketones (excluding diaryl/α,β-unsaturated/α-hetero) is 1. The number of aromatic amines is 1. The van der Waals surface area contributed by atoms with Crippen LogP contribution in [0, 0.1) is 5.92 Å². The summed E-state index contributed by atoms with van der Waals surface area (Å²) < 4.78 is 0. The highest BCUT2D eigenvalue weighted by Gasteiger charge is 2.16. The van der Waals surface area contributed by atoms with Gasteiger partial charge in [0.15, 0.2) is 0 Å². The molecule has 2 aromatic rings. The highest BCUT2D eigenvalue weighted by atomic mass is 16.1. The van der Waals surface area contributed by atoms with Gasteiger partial charge < -0.3 is 10.7 Å². The summed E-state index contributed by atoms with van der Waals surface area (Å²) in [4.78, 5) is 15.0. The Hall–Kier alpha value is -1.61. The highest BCUT2D eigenvalue weighted by molar-refractivity contribution is 5.86. The number of nitrogens with one attached hydrogen (secondary N) is 1. The second-order valence-electron chi connectivity index (χ2n) is 5.72. The molecule has 0 spiro atoms. The van der Waals surface area contributed by atoms with E-state index in [1.165, 1.54) is 24.4 Å². The quantitative estimate of drug-likeness (QED) is 0.797. The van der Waals surface area contributed by atoms with Crippen LogP contribution in [-0.4, -0.2) is 17.8 Å². The van der Waals surface area contributed by atoms with Crippen molar-refractivity contribution >= 4 is 16.7 Å². The number of hydrogen-bond acceptors (Lipinski definition) is 2. The maximum absolute atomic E-state index is 11.8. The molecular formula is C19H36N2O. The molecule has 2 rings (SSSR count).